The molecule has 0 unspecified atom stereocenters. The van der Waals surface area contributed by atoms with Crippen LogP contribution in [0.25, 0.3) is 11.3 Å². The van der Waals surface area contributed by atoms with E-state index < -0.39 is 0 Å². The summed E-state index contributed by atoms with van der Waals surface area (Å²) < 4.78 is 0. The molecule has 1 heterocycles. The fourth-order valence-corrected chi connectivity index (χ4v) is 3.03. The minimum absolute atomic E-state index is 0.547. The molecule has 0 bridgehead atoms. The summed E-state index contributed by atoms with van der Waals surface area (Å²) in [6.07, 6.45) is 0. The van der Waals surface area contributed by atoms with Gasteiger partial charge in [-0.15, -0.1) is 11.3 Å². The van der Waals surface area contributed by atoms with Crippen molar-refractivity contribution < 1.29 is 0 Å². The maximum Gasteiger partial charge on any atom is 0.187 e. The minimum Gasteiger partial charge on any atom is -0.332 e. The number of benzene rings is 2. The Labute approximate surface area is 139 Å². The van der Waals surface area contributed by atoms with E-state index in [1.54, 1.807) is 11.3 Å². The van der Waals surface area contributed by atoms with Gasteiger partial charge in [-0.1, -0.05) is 49.7 Å². The highest BCUT2D eigenvalue weighted by Gasteiger charge is 2.05. The Morgan fingerprint density at radius 1 is 1.00 bits per heavy atom. The second-order valence-electron chi connectivity index (χ2n) is 5.45. The fourth-order valence-electron chi connectivity index (χ4n) is 2.16. The van der Waals surface area contributed by atoms with E-state index in [1.165, 1.54) is 5.56 Å². The van der Waals surface area contributed by atoms with Crippen molar-refractivity contribution in [3.05, 3.63) is 64.5 Å². The molecule has 0 aliphatic heterocycles. The molecule has 0 saturated heterocycles. The summed E-state index contributed by atoms with van der Waals surface area (Å²) in [5.74, 6) is 0.547. The predicted molar refractivity (Wildman–Crippen MR) is 96.4 cm³/mol. The van der Waals surface area contributed by atoms with Gasteiger partial charge in [0.05, 0.1) is 5.69 Å². The van der Waals surface area contributed by atoms with Crippen molar-refractivity contribution in [2.24, 2.45) is 0 Å². The third-order valence-corrected chi connectivity index (χ3v) is 4.48. The molecule has 3 rings (SSSR count). The number of anilines is 2. The molecule has 2 aromatic carbocycles. The molecule has 0 amide bonds. The van der Waals surface area contributed by atoms with Crippen LogP contribution < -0.4 is 5.32 Å². The average Bonchev–Trinajstić information content (AvgIpc) is 2.97. The van der Waals surface area contributed by atoms with E-state index in [4.69, 9.17) is 11.6 Å². The van der Waals surface area contributed by atoms with E-state index in [0.717, 1.165) is 27.1 Å². The first kappa shape index (κ1) is 15.1. The zero-order valence-electron chi connectivity index (χ0n) is 12.5. The second kappa shape index (κ2) is 6.51. The first-order valence-corrected chi connectivity index (χ1v) is 8.46. The molecule has 0 aliphatic rings. The monoisotopic (exact) mass is 328 g/mol. The van der Waals surface area contributed by atoms with Gasteiger partial charge in [0, 0.05) is 21.7 Å². The van der Waals surface area contributed by atoms with Crippen LogP contribution in [0.2, 0.25) is 5.02 Å². The first-order valence-electron chi connectivity index (χ1n) is 7.20. The Morgan fingerprint density at radius 3 is 2.32 bits per heavy atom. The van der Waals surface area contributed by atoms with Gasteiger partial charge in [0.2, 0.25) is 0 Å². The summed E-state index contributed by atoms with van der Waals surface area (Å²) in [7, 11) is 0. The van der Waals surface area contributed by atoms with Crippen molar-refractivity contribution in [2.75, 3.05) is 5.32 Å². The van der Waals surface area contributed by atoms with Gasteiger partial charge in [0.25, 0.3) is 0 Å². The second-order valence-corrected chi connectivity index (χ2v) is 6.74. The molecule has 0 atom stereocenters. The van der Waals surface area contributed by atoms with Crippen LogP contribution in [0.15, 0.2) is 53.9 Å². The van der Waals surface area contributed by atoms with Crippen LogP contribution in [-0.2, 0) is 0 Å². The normalized spacial score (nSPS) is 10.9. The van der Waals surface area contributed by atoms with E-state index in [-0.39, 0.29) is 0 Å². The summed E-state index contributed by atoms with van der Waals surface area (Å²) in [4.78, 5) is 4.63. The molecule has 3 aromatic rings. The minimum atomic E-state index is 0.547. The van der Waals surface area contributed by atoms with Crippen molar-refractivity contribution in [1.29, 1.82) is 0 Å². The summed E-state index contributed by atoms with van der Waals surface area (Å²) in [6, 6.07) is 16.2. The summed E-state index contributed by atoms with van der Waals surface area (Å²) in [6.45, 7) is 4.39. The molecule has 0 aliphatic carbocycles. The maximum atomic E-state index is 5.92. The van der Waals surface area contributed by atoms with Crippen LogP contribution in [0.5, 0.6) is 0 Å². The summed E-state index contributed by atoms with van der Waals surface area (Å²) >= 11 is 7.52. The number of halogens is 1. The lowest BCUT2D eigenvalue weighted by molar-refractivity contribution is 0.867. The molecule has 1 aromatic heterocycles. The number of thiazole rings is 1. The maximum absolute atomic E-state index is 5.92. The van der Waals surface area contributed by atoms with Crippen LogP contribution in [-0.4, -0.2) is 4.98 Å². The smallest absolute Gasteiger partial charge is 0.187 e. The summed E-state index contributed by atoms with van der Waals surface area (Å²) in [5.41, 5.74) is 4.43. The SMILES string of the molecule is CC(C)c1ccc(Nc2nc(-c3ccc(Cl)cc3)cs2)cc1. The van der Waals surface area contributed by atoms with Gasteiger partial charge in [-0.2, -0.15) is 0 Å². The Kier molecular flexibility index (Phi) is 4.46. The van der Waals surface area contributed by atoms with E-state index >= 15 is 0 Å². The van der Waals surface area contributed by atoms with Gasteiger partial charge in [0.15, 0.2) is 5.13 Å². The van der Waals surface area contributed by atoms with E-state index in [9.17, 15) is 0 Å². The van der Waals surface area contributed by atoms with Crippen molar-refractivity contribution in [2.45, 2.75) is 19.8 Å². The van der Waals surface area contributed by atoms with Crippen LogP contribution in [0.3, 0.4) is 0 Å². The Morgan fingerprint density at radius 2 is 1.68 bits per heavy atom. The van der Waals surface area contributed by atoms with Crippen molar-refractivity contribution in [1.82, 2.24) is 4.98 Å². The zero-order valence-corrected chi connectivity index (χ0v) is 14.1. The predicted octanol–water partition coefficient (Wildman–Crippen LogP) is 6.33. The van der Waals surface area contributed by atoms with Crippen molar-refractivity contribution in [3.63, 3.8) is 0 Å². The Balaban J connectivity index is 1.75. The lowest BCUT2D eigenvalue weighted by atomic mass is 10.0. The van der Waals surface area contributed by atoms with Crippen LogP contribution >= 0.6 is 22.9 Å². The highest BCUT2D eigenvalue weighted by molar-refractivity contribution is 7.14. The molecule has 0 radical (unpaired) electrons. The third kappa shape index (κ3) is 3.49. The van der Waals surface area contributed by atoms with Gasteiger partial charge in [-0.25, -0.2) is 4.98 Å². The summed E-state index contributed by atoms with van der Waals surface area (Å²) in [5, 5.41) is 7.03. The lowest BCUT2D eigenvalue weighted by Gasteiger charge is -2.07. The topological polar surface area (TPSA) is 24.9 Å². The van der Waals surface area contributed by atoms with E-state index in [1.807, 2.05) is 29.6 Å². The Hall–Kier alpha value is -1.84. The van der Waals surface area contributed by atoms with Crippen LogP contribution in [0.1, 0.15) is 25.3 Å². The van der Waals surface area contributed by atoms with Crippen LogP contribution in [0.4, 0.5) is 10.8 Å². The molecule has 112 valence electrons. The number of rotatable bonds is 4. The van der Waals surface area contributed by atoms with Gasteiger partial charge in [-0.3, -0.25) is 0 Å². The molecule has 0 fully saturated rings. The third-order valence-electron chi connectivity index (χ3n) is 3.47. The highest BCUT2D eigenvalue weighted by Crippen LogP contribution is 2.28. The largest absolute Gasteiger partial charge is 0.332 e. The molecule has 0 saturated carbocycles. The average molecular weight is 329 g/mol. The molecule has 22 heavy (non-hydrogen) atoms. The van der Waals surface area contributed by atoms with E-state index in [2.05, 4.69) is 48.4 Å². The fraction of sp³-hybridized carbons (Fsp3) is 0.167. The van der Waals surface area contributed by atoms with Gasteiger partial charge >= 0.3 is 0 Å². The van der Waals surface area contributed by atoms with Crippen molar-refractivity contribution in [3.8, 4) is 11.3 Å². The number of hydrogen-bond donors (Lipinski definition) is 1. The number of hydrogen-bond acceptors (Lipinski definition) is 3. The van der Waals surface area contributed by atoms with Gasteiger partial charge in [-0.05, 0) is 35.7 Å². The quantitative estimate of drug-likeness (QED) is 0.605. The van der Waals surface area contributed by atoms with Crippen molar-refractivity contribution >= 4 is 33.8 Å². The van der Waals surface area contributed by atoms with Gasteiger partial charge < -0.3 is 5.32 Å². The molecule has 0 spiro atoms. The molecule has 4 heteroatoms. The number of aromatic nitrogens is 1. The van der Waals surface area contributed by atoms with Gasteiger partial charge in [0.1, 0.15) is 0 Å². The molecular formula is C18H17ClN2S. The molecule has 2 nitrogen and oxygen atoms in total. The molecule has 1 N–H and O–H groups in total. The number of nitrogens with zero attached hydrogens (tertiary/aromatic N) is 1. The van der Waals surface area contributed by atoms with Crippen LogP contribution in [0, 0.1) is 0 Å². The highest BCUT2D eigenvalue weighted by atomic mass is 35.5. The molecular weight excluding hydrogens is 312 g/mol. The standard InChI is InChI=1S/C18H17ClN2S/c1-12(2)13-5-9-16(10-6-13)20-18-21-17(11-22-18)14-3-7-15(19)8-4-14/h3-12H,1-2H3,(H,20,21). The lowest BCUT2D eigenvalue weighted by Crippen LogP contribution is -1.91. The number of nitrogens with one attached hydrogen (secondary N) is 1. The van der Waals surface area contributed by atoms with E-state index in [0.29, 0.717) is 5.92 Å². The zero-order chi connectivity index (χ0) is 15.5. The Bertz CT molecular complexity index is 746. The first-order chi connectivity index (χ1) is 10.6.